The van der Waals surface area contributed by atoms with Crippen LogP contribution >= 0.6 is 11.3 Å². The number of rotatable bonds is 12. The number of carbonyl (C=O) groups is 1. The van der Waals surface area contributed by atoms with Crippen LogP contribution in [0.25, 0.3) is 0 Å². The van der Waals surface area contributed by atoms with Gasteiger partial charge in [-0.15, -0.1) is 11.3 Å². The highest BCUT2D eigenvalue weighted by molar-refractivity contribution is 7.89. The van der Waals surface area contributed by atoms with Gasteiger partial charge >= 0.3 is 6.09 Å². The topological polar surface area (TPSA) is 140 Å². The number of aromatic nitrogens is 1. The molecule has 0 bridgehead atoms. The van der Waals surface area contributed by atoms with E-state index in [-0.39, 0.29) is 42.5 Å². The summed E-state index contributed by atoms with van der Waals surface area (Å²) < 4.78 is 27.8. The lowest BCUT2D eigenvalue weighted by Gasteiger charge is -2.32. The first-order valence-electron chi connectivity index (χ1n) is 11.5. The number of nitrogens with one attached hydrogen (secondary N) is 1. The zero-order chi connectivity index (χ0) is 26.3. The average molecular weight is 534 g/mol. The lowest BCUT2D eigenvalue weighted by Crippen LogP contribution is -2.52. The van der Waals surface area contributed by atoms with Crippen LogP contribution in [-0.4, -0.2) is 57.9 Å². The molecule has 1 heterocycles. The number of aliphatic hydroxyl groups is 1. The van der Waals surface area contributed by atoms with Crippen LogP contribution in [0.4, 0.5) is 4.79 Å². The Hall–Kier alpha value is -2.99. The Bertz CT molecular complexity index is 1250. The van der Waals surface area contributed by atoms with E-state index in [1.165, 1.54) is 39.9 Å². The van der Waals surface area contributed by atoms with Crippen molar-refractivity contribution < 1.29 is 28.5 Å². The van der Waals surface area contributed by atoms with Crippen molar-refractivity contribution in [2.75, 3.05) is 13.1 Å². The molecule has 4 N–H and O–H groups in total. The van der Waals surface area contributed by atoms with Crippen LogP contribution in [-0.2, 0) is 22.9 Å². The smallest absolute Gasteiger partial charge is 0.406 e. The third kappa shape index (κ3) is 7.76. The Morgan fingerprint density at radius 2 is 1.86 bits per heavy atom. The van der Waals surface area contributed by atoms with E-state index in [2.05, 4.69) is 10.3 Å². The van der Waals surface area contributed by atoms with Crippen LogP contribution in [0.15, 0.2) is 65.0 Å². The molecule has 9 nitrogen and oxygen atoms in total. The van der Waals surface area contributed by atoms with Gasteiger partial charge in [0.05, 0.1) is 9.90 Å². The van der Waals surface area contributed by atoms with Crippen molar-refractivity contribution in [3.63, 3.8) is 0 Å². The minimum atomic E-state index is -3.94. The molecule has 11 heteroatoms. The van der Waals surface area contributed by atoms with E-state index in [0.717, 1.165) is 10.6 Å². The van der Waals surface area contributed by atoms with Gasteiger partial charge in [-0.05, 0) is 41.3 Å². The summed E-state index contributed by atoms with van der Waals surface area (Å²) in [7, 11) is -3.94. The number of carboxylic acid groups (broad SMARTS) is 1. The molecule has 0 fully saturated rings. The van der Waals surface area contributed by atoms with Gasteiger partial charge in [0.1, 0.15) is 11.5 Å². The minimum Gasteiger partial charge on any atom is -0.508 e. The molecular weight excluding hydrogens is 502 g/mol. The molecular formula is C25H31N3O6S2. The van der Waals surface area contributed by atoms with E-state index in [0.29, 0.717) is 12.0 Å². The first-order chi connectivity index (χ1) is 17.0. The molecule has 36 heavy (non-hydrogen) atoms. The van der Waals surface area contributed by atoms with Gasteiger partial charge in [-0.1, -0.05) is 38.1 Å². The van der Waals surface area contributed by atoms with Crippen molar-refractivity contribution in [3.05, 3.63) is 76.2 Å². The Balaban J connectivity index is 1.81. The monoisotopic (exact) mass is 533 g/mol. The Kier molecular flexibility index (Phi) is 9.07. The Morgan fingerprint density at radius 1 is 1.17 bits per heavy atom. The molecule has 1 atom stereocenters. The SMILES string of the molecule is CC(C)CN(CCC(O)(Cc1cccc(Cc2nccs2)c1)NC(=O)O)S(=O)(=O)c1ccc(O)cc1. The summed E-state index contributed by atoms with van der Waals surface area (Å²) in [5.74, 6) is -0.0681. The summed E-state index contributed by atoms with van der Waals surface area (Å²) >= 11 is 1.54. The van der Waals surface area contributed by atoms with E-state index < -0.39 is 21.8 Å². The van der Waals surface area contributed by atoms with Crippen molar-refractivity contribution in [3.8, 4) is 5.75 Å². The quantitative estimate of drug-likeness (QED) is 0.260. The van der Waals surface area contributed by atoms with E-state index in [9.17, 15) is 28.5 Å². The molecule has 0 aliphatic heterocycles. The van der Waals surface area contributed by atoms with Crippen LogP contribution in [0.3, 0.4) is 0 Å². The van der Waals surface area contributed by atoms with E-state index in [1.807, 2.05) is 37.4 Å². The predicted molar refractivity (Wildman–Crippen MR) is 137 cm³/mol. The lowest BCUT2D eigenvalue weighted by molar-refractivity contribution is -0.00178. The fraction of sp³-hybridized carbons (Fsp3) is 0.360. The molecule has 1 aromatic heterocycles. The van der Waals surface area contributed by atoms with Crippen LogP contribution in [0.2, 0.25) is 0 Å². The normalized spacial score (nSPS) is 13.6. The minimum absolute atomic E-state index is 0.00516. The van der Waals surface area contributed by atoms with Gasteiger partial charge in [0, 0.05) is 43.9 Å². The number of hydrogen-bond acceptors (Lipinski definition) is 7. The van der Waals surface area contributed by atoms with Crippen LogP contribution in [0.1, 0.15) is 36.4 Å². The number of phenolic OH excluding ortho intramolecular Hbond substituents is 1. The maximum absolute atomic E-state index is 13.3. The number of nitrogens with zero attached hydrogens (tertiary/aromatic N) is 2. The van der Waals surface area contributed by atoms with Crippen molar-refractivity contribution in [1.29, 1.82) is 0 Å². The summed E-state index contributed by atoms with van der Waals surface area (Å²) in [5.41, 5.74) is -0.223. The summed E-state index contributed by atoms with van der Waals surface area (Å²) in [6, 6.07) is 12.7. The zero-order valence-corrected chi connectivity index (χ0v) is 21.8. The van der Waals surface area contributed by atoms with Crippen LogP contribution < -0.4 is 5.32 Å². The third-order valence-electron chi connectivity index (χ3n) is 5.48. The number of aromatic hydroxyl groups is 1. The largest absolute Gasteiger partial charge is 0.508 e. The van der Waals surface area contributed by atoms with Gasteiger partial charge in [0.25, 0.3) is 0 Å². The fourth-order valence-corrected chi connectivity index (χ4v) is 6.14. The van der Waals surface area contributed by atoms with Gasteiger partial charge < -0.3 is 15.3 Å². The number of phenols is 1. The van der Waals surface area contributed by atoms with Crippen molar-refractivity contribution >= 4 is 27.5 Å². The maximum atomic E-state index is 13.3. The van der Waals surface area contributed by atoms with E-state index in [1.54, 1.807) is 12.3 Å². The number of amides is 1. The summed E-state index contributed by atoms with van der Waals surface area (Å²) in [5, 5.41) is 35.2. The first-order valence-corrected chi connectivity index (χ1v) is 13.8. The molecule has 0 saturated heterocycles. The molecule has 0 spiro atoms. The van der Waals surface area contributed by atoms with Gasteiger partial charge in [0.15, 0.2) is 0 Å². The summed E-state index contributed by atoms with van der Waals surface area (Å²) in [4.78, 5) is 15.8. The Morgan fingerprint density at radius 3 is 2.47 bits per heavy atom. The number of thiazole rings is 1. The Labute approximate surface area is 215 Å². The van der Waals surface area contributed by atoms with Crippen LogP contribution in [0.5, 0.6) is 5.75 Å². The molecule has 0 saturated carbocycles. The number of benzene rings is 2. The zero-order valence-electron chi connectivity index (χ0n) is 20.2. The molecule has 2 aromatic carbocycles. The predicted octanol–water partition coefficient (Wildman–Crippen LogP) is 3.68. The molecule has 194 valence electrons. The second-order valence-electron chi connectivity index (χ2n) is 9.06. The summed E-state index contributed by atoms with van der Waals surface area (Å²) in [6.45, 7) is 3.80. The van der Waals surface area contributed by atoms with Crippen molar-refractivity contribution in [2.24, 2.45) is 5.92 Å². The van der Waals surface area contributed by atoms with Crippen LogP contribution in [0, 0.1) is 5.92 Å². The number of hydrogen-bond donors (Lipinski definition) is 4. The molecule has 1 amide bonds. The first kappa shape index (κ1) is 27.6. The summed E-state index contributed by atoms with van der Waals surface area (Å²) in [6.07, 6.45) is 0.728. The maximum Gasteiger partial charge on any atom is 0.406 e. The third-order valence-corrected chi connectivity index (χ3v) is 8.14. The molecule has 1 unspecified atom stereocenters. The standard InChI is InChI=1S/C25H31N3O6S2/c1-18(2)17-28(36(33,34)22-8-6-21(29)7-9-22)12-10-25(32,27-24(30)31)16-20-5-3-4-19(14-20)15-23-26-11-13-35-23/h3-9,11,13-14,18,27,29,32H,10,12,15-17H2,1-2H3,(H,30,31). The van der Waals surface area contributed by atoms with Crippen molar-refractivity contribution in [2.45, 2.75) is 43.7 Å². The molecule has 3 rings (SSSR count). The van der Waals surface area contributed by atoms with Gasteiger partial charge in [-0.3, -0.25) is 5.32 Å². The van der Waals surface area contributed by atoms with Gasteiger partial charge in [0.2, 0.25) is 10.0 Å². The van der Waals surface area contributed by atoms with E-state index >= 15 is 0 Å². The highest BCUT2D eigenvalue weighted by atomic mass is 32.2. The highest BCUT2D eigenvalue weighted by Gasteiger charge is 2.33. The second-order valence-corrected chi connectivity index (χ2v) is 12.0. The molecule has 3 aromatic rings. The van der Waals surface area contributed by atoms with E-state index in [4.69, 9.17) is 0 Å². The van der Waals surface area contributed by atoms with Gasteiger partial charge in [-0.25, -0.2) is 18.2 Å². The second kappa shape index (κ2) is 11.8. The fourth-order valence-electron chi connectivity index (χ4n) is 3.89. The highest BCUT2D eigenvalue weighted by Crippen LogP contribution is 2.24. The van der Waals surface area contributed by atoms with Crippen molar-refractivity contribution in [1.82, 2.24) is 14.6 Å². The average Bonchev–Trinajstić information content (AvgIpc) is 3.29. The molecule has 0 aliphatic rings. The van der Waals surface area contributed by atoms with Gasteiger partial charge in [-0.2, -0.15) is 4.31 Å². The molecule has 0 aliphatic carbocycles. The number of sulfonamides is 1. The lowest BCUT2D eigenvalue weighted by atomic mass is 9.97. The molecule has 0 radical (unpaired) electrons.